The number of rotatable bonds is 23. The van der Waals surface area contributed by atoms with Crippen LogP contribution in [0, 0.1) is 11.8 Å². The summed E-state index contributed by atoms with van der Waals surface area (Å²) < 4.78 is 0. The van der Waals surface area contributed by atoms with Crippen LogP contribution in [0.5, 0.6) is 0 Å². The molecular formula is C39H62N12O7. The second-order valence-corrected chi connectivity index (χ2v) is 15.6. The van der Waals surface area contributed by atoms with Gasteiger partial charge in [-0.15, -0.1) is 0 Å². The number of primary amides is 1. The van der Waals surface area contributed by atoms with E-state index in [2.05, 4.69) is 47.2 Å². The second kappa shape index (κ2) is 22.9. The average Bonchev–Trinajstić information content (AvgIpc) is 3.84. The largest absolute Gasteiger partial charge is 0.370 e. The molecule has 6 atom stereocenters. The summed E-state index contributed by atoms with van der Waals surface area (Å²) >= 11 is 0. The van der Waals surface area contributed by atoms with Crippen LogP contribution in [-0.4, -0.2) is 108 Å². The molecular weight excluding hydrogens is 749 g/mol. The molecule has 0 radical (unpaired) electrons. The normalized spacial score (nSPS) is 16.4. The van der Waals surface area contributed by atoms with E-state index in [1.807, 2.05) is 52.0 Å². The van der Waals surface area contributed by atoms with E-state index in [-0.39, 0.29) is 55.6 Å². The molecule has 19 heteroatoms. The topological polar surface area (TPSA) is 310 Å². The molecule has 0 saturated carbocycles. The Morgan fingerprint density at radius 3 is 2.03 bits per heavy atom. The zero-order chi connectivity index (χ0) is 42.9. The summed E-state index contributed by atoms with van der Waals surface area (Å²) in [6.07, 6.45) is 4.32. The predicted molar refractivity (Wildman–Crippen MR) is 219 cm³/mol. The molecule has 0 spiro atoms. The second-order valence-electron chi connectivity index (χ2n) is 15.6. The minimum Gasteiger partial charge on any atom is -0.370 e. The monoisotopic (exact) mass is 810 g/mol. The first-order chi connectivity index (χ1) is 27.4. The van der Waals surface area contributed by atoms with Gasteiger partial charge in [0.05, 0.1) is 12.6 Å². The van der Waals surface area contributed by atoms with Crippen molar-refractivity contribution in [2.24, 2.45) is 34.0 Å². The van der Waals surface area contributed by atoms with E-state index in [0.29, 0.717) is 24.8 Å². The maximum atomic E-state index is 13.9. The number of guanidine groups is 1. The van der Waals surface area contributed by atoms with E-state index in [0.717, 1.165) is 23.9 Å². The van der Waals surface area contributed by atoms with Crippen molar-refractivity contribution in [3.63, 3.8) is 0 Å². The number of aromatic nitrogens is 1. The van der Waals surface area contributed by atoms with Crippen LogP contribution >= 0.6 is 0 Å². The van der Waals surface area contributed by atoms with Crippen molar-refractivity contribution < 1.29 is 33.6 Å². The molecule has 1 aliphatic heterocycles. The number of amides is 7. The summed E-state index contributed by atoms with van der Waals surface area (Å²) in [7, 11) is 0. The van der Waals surface area contributed by atoms with Gasteiger partial charge in [-0.05, 0) is 75.5 Å². The van der Waals surface area contributed by atoms with Crippen molar-refractivity contribution >= 4 is 58.2 Å². The van der Waals surface area contributed by atoms with Crippen molar-refractivity contribution in [3.8, 4) is 0 Å². The van der Waals surface area contributed by atoms with E-state index in [4.69, 9.17) is 17.2 Å². The summed E-state index contributed by atoms with van der Waals surface area (Å²) in [5.41, 5.74) is 17.7. The zero-order valence-corrected chi connectivity index (χ0v) is 34.1. The molecule has 1 aromatic carbocycles. The molecule has 1 fully saturated rings. The number of nitrogens with zero attached hydrogens (tertiary/aromatic N) is 1. The van der Waals surface area contributed by atoms with Crippen molar-refractivity contribution in [1.82, 2.24) is 42.2 Å². The maximum absolute atomic E-state index is 13.9. The number of carbonyl (C=O) groups is 7. The maximum Gasteiger partial charge on any atom is 0.243 e. The molecule has 2 aromatic rings. The lowest BCUT2D eigenvalue weighted by atomic mass is 10.0. The highest BCUT2D eigenvalue weighted by Crippen LogP contribution is 2.20. The lowest BCUT2D eigenvalue weighted by Crippen LogP contribution is -2.58. The number of nitrogens with two attached hydrogens (primary N) is 3. The molecule has 1 saturated heterocycles. The number of aliphatic imine (C=N–C) groups is 1. The number of hydrogen-bond donors (Lipinski definition) is 11. The van der Waals surface area contributed by atoms with Crippen LogP contribution in [-0.2, 0) is 40.0 Å². The molecule has 3 rings (SSSR count). The highest BCUT2D eigenvalue weighted by molar-refractivity contribution is 5.97. The van der Waals surface area contributed by atoms with Crippen LogP contribution in [0.1, 0.15) is 78.7 Å². The summed E-state index contributed by atoms with van der Waals surface area (Å²) in [4.78, 5) is 99.2. The van der Waals surface area contributed by atoms with E-state index >= 15 is 0 Å². The molecule has 2 heterocycles. The minimum absolute atomic E-state index is 0.0162. The molecule has 1 aliphatic rings. The van der Waals surface area contributed by atoms with Crippen LogP contribution in [0.2, 0.25) is 0 Å². The summed E-state index contributed by atoms with van der Waals surface area (Å²) in [5, 5.41) is 20.0. The van der Waals surface area contributed by atoms with Gasteiger partial charge >= 0.3 is 0 Å². The Bertz CT molecular complexity index is 1770. The van der Waals surface area contributed by atoms with Gasteiger partial charge in [0.25, 0.3) is 0 Å². The van der Waals surface area contributed by atoms with Gasteiger partial charge in [0, 0.05) is 30.1 Å². The third-order valence-electron chi connectivity index (χ3n) is 9.59. The van der Waals surface area contributed by atoms with E-state index < -0.39 is 72.2 Å². The van der Waals surface area contributed by atoms with Crippen molar-refractivity contribution in [2.75, 3.05) is 19.6 Å². The molecule has 0 bridgehead atoms. The van der Waals surface area contributed by atoms with Crippen LogP contribution in [0.4, 0.5) is 0 Å². The van der Waals surface area contributed by atoms with Gasteiger partial charge in [-0.2, -0.15) is 0 Å². The molecule has 1 aromatic heterocycles. The first-order valence-electron chi connectivity index (χ1n) is 19.9. The minimum atomic E-state index is -1.21. The standard InChI is InChI=1S/C39H62N12O7/c1-21(2)16-29(50-36(56)28-13-9-14-43-28)35(55)46-20-32(52)48-30(17-22(3)4)38(58)51-31(18-24-19-45-26-11-7-6-10-25(24)26)37(57)47-23(5)34(54)49-27(33(40)53)12-8-15-44-39(41)42/h6-7,10-11,19,21-23,27-31,43,45H,8-9,12-18,20H2,1-5H3,(H2,40,53)(H,46,55)(H,47,57)(H,48,52)(H,49,54)(H,50,56)(H,51,58)(H4,41,42,44)/t23-,27+,28-,29-,30-,31-/m0/s1. The van der Waals surface area contributed by atoms with Crippen LogP contribution in [0.25, 0.3) is 10.9 Å². The van der Waals surface area contributed by atoms with Gasteiger partial charge in [0.1, 0.15) is 30.2 Å². The molecule has 0 aliphatic carbocycles. The number of hydrogen-bond acceptors (Lipinski definition) is 9. The Hall–Kier alpha value is -5.72. The number of aromatic amines is 1. The fourth-order valence-electron chi connectivity index (χ4n) is 6.59. The Kier molecular flexibility index (Phi) is 18.4. The smallest absolute Gasteiger partial charge is 0.243 e. The van der Waals surface area contributed by atoms with E-state index in [9.17, 15) is 33.6 Å². The quantitative estimate of drug-likeness (QED) is 0.0356. The SMILES string of the molecule is CC(C)C[C@H](NC(=O)CNC(=O)[C@H](CC(C)C)NC(=O)[C@@H]1CCCN1)C(=O)N[C@@H](Cc1c[nH]c2ccccc12)C(=O)N[C@@H](C)C(=O)N[C@H](CCCN=C(N)N)C(N)=O. The van der Waals surface area contributed by atoms with Gasteiger partial charge in [-0.1, -0.05) is 45.9 Å². The lowest BCUT2D eigenvalue weighted by molar-refractivity contribution is -0.134. The van der Waals surface area contributed by atoms with Gasteiger partial charge in [0.2, 0.25) is 41.4 Å². The van der Waals surface area contributed by atoms with Crippen LogP contribution in [0.15, 0.2) is 35.5 Å². The van der Waals surface area contributed by atoms with Gasteiger partial charge in [0.15, 0.2) is 5.96 Å². The van der Waals surface area contributed by atoms with Crippen molar-refractivity contribution in [3.05, 3.63) is 36.0 Å². The van der Waals surface area contributed by atoms with E-state index in [1.54, 1.807) is 6.20 Å². The fraction of sp³-hybridized carbons (Fsp3) is 0.590. The number of H-pyrrole nitrogens is 1. The summed E-state index contributed by atoms with van der Waals surface area (Å²) in [5.74, 6) is -4.37. The Labute approximate surface area is 339 Å². The van der Waals surface area contributed by atoms with Gasteiger partial charge in [-0.3, -0.25) is 38.6 Å². The third-order valence-corrected chi connectivity index (χ3v) is 9.59. The van der Waals surface area contributed by atoms with E-state index in [1.165, 1.54) is 6.92 Å². The fourth-order valence-corrected chi connectivity index (χ4v) is 6.59. The molecule has 58 heavy (non-hydrogen) atoms. The molecule has 19 nitrogen and oxygen atoms in total. The highest BCUT2D eigenvalue weighted by Gasteiger charge is 2.32. The zero-order valence-electron chi connectivity index (χ0n) is 34.1. The lowest BCUT2D eigenvalue weighted by Gasteiger charge is -2.26. The van der Waals surface area contributed by atoms with Gasteiger partial charge in [-0.25, -0.2) is 0 Å². The van der Waals surface area contributed by atoms with Crippen LogP contribution < -0.4 is 54.4 Å². The van der Waals surface area contributed by atoms with Crippen molar-refractivity contribution in [2.45, 2.75) is 116 Å². The average molecular weight is 811 g/mol. The molecule has 14 N–H and O–H groups in total. The highest BCUT2D eigenvalue weighted by atomic mass is 16.2. The first-order valence-corrected chi connectivity index (χ1v) is 19.9. The molecule has 7 amide bonds. The van der Waals surface area contributed by atoms with Gasteiger partial charge < -0.3 is 59.4 Å². The summed E-state index contributed by atoms with van der Waals surface area (Å²) in [6.45, 7) is 9.47. The summed E-state index contributed by atoms with van der Waals surface area (Å²) in [6, 6.07) is 1.67. The first kappa shape index (κ1) is 46.7. The van der Waals surface area contributed by atoms with Crippen molar-refractivity contribution in [1.29, 1.82) is 0 Å². The Morgan fingerprint density at radius 2 is 1.41 bits per heavy atom. The number of para-hydroxylation sites is 1. The molecule has 320 valence electrons. The number of fused-ring (bicyclic) bond motifs is 1. The number of carbonyl (C=O) groups excluding carboxylic acids is 7. The number of nitrogens with one attached hydrogen (secondary N) is 8. The number of benzene rings is 1. The third kappa shape index (κ3) is 15.3. The Balaban J connectivity index is 1.73. The molecule has 0 unspecified atom stereocenters. The Morgan fingerprint density at radius 1 is 0.776 bits per heavy atom. The predicted octanol–water partition coefficient (Wildman–Crippen LogP) is -1.35. The van der Waals surface area contributed by atoms with Crippen LogP contribution in [0.3, 0.4) is 0 Å².